The van der Waals surface area contributed by atoms with Crippen molar-refractivity contribution in [1.82, 2.24) is 14.8 Å². The third-order valence-electron chi connectivity index (χ3n) is 8.59. The summed E-state index contributed by atoms with van der Waals surface area (Å²) in [4.78, 5) is 41.8. The predicted molar refractivity (Wildman–Crippen MR) is 175 cm³/mol. The number of carbonyl (C=O) groups is 3. The summed E-state index contributed by atoms with van der Waals surface area (Å²) in [5.41, 5.74) is -3.76. The topological polar surface area (TPSA) is 163 Å². The van der Waals surface area contributed by atoms with E-state index >= 15 is 4.39 Å². The zero-order chi connectivity index (χ0) is 36.8. The van der Waals surface area contributed by atoms with E-state index in [4.69, 9.17) is 24.2 Å². The Hall–Kier alpha value is -4.98. The van der Waals surface area contributed by atoms with Crippen molar-refractivity contribution in [3.05, 3.63) is 101 Å². The molecule has 0 unspecified atom stereocenters. The molecule has 51 heavy (non-hydrogen) atoms. The SMILES string of the molecule is CC(=O)OC[C@@H]1C[C@@]1(C(=O)O)C(=O)O[C@@](Cn1cncn1)(c1ccc(F)cc1F)[C@@H](C)S[C@H]1CO[C@H](/C=C/C=C/c2ccc(C#N)cc2F)OC1. The van der Waals surface area contributed by atoms with Crippen LogP contribution in [0.5, 0.6) is 0 Å². The van der Waals surface area contributed by atoms with E-state index in [1.54, 1.807) is 25.2 Å². The molecule has 0 bridgehead atoms. The highest BCUT2D eigenvalue weighted by Crippen LogP contribution is 2.56. The van der Waals surface area contributed by atoms with Gasteiger partial charge in [-0.25, -0.2) is 22.8 Å². The largest absolute Gasteiger partial charge is 0.480 e. The van der Waals surface area contributed by atoms with Crippen LogP contribution in [-0.4, -0.2) is 74.4 Å². The van der Waals surface area contributed by atoms with Crippen LogP contribution in [0.3, 0.4) is 0 Å². The fourth-order valence-electron chi connectivity index (χ4n) is 5.73. The molecule has 2 aliphatic rings. The fraction of sp³-hybridized carbons (Fsp3) is 0.371. The number of nitrogens with zero attached hydrogens (tertiary/aromatic N) is 4. The van der Waals surface area contributed by atoms with E-state index < -0.39 is 69.1 Å². The zero-order valence-corrected chi connectivity index (χ0v) is 28.2. The van der Waals surface area contributed by atoms with Crippen LogP contribution in [0.15, 0.2) is 67.3 Å². The van der Waals surface area contributed by atoms with Gasteiger partial charge in [-0.05, 0) is 43.7 Å². The third-order valence-corrected chi connectivity index (χ3v) is 10.0. The Morgan fingerprint density at radius 2 is 1.94 bits per heavy atom. The molecule has 12 nitrogen and oxygen atoms in total. The second-order valence-electron chi connectivity index (χ2n) is 12.0. The Balaban J connectivity index is 1.36. The van der Waals surface area contributed by atoms with Gasteiger partial charge in [0, 0.05) is 35.3 Å². The van der Waals surface area contributed by atoms with E-state index in [0.29, 0.717) is 6.07 Å². The van der Waals surface area contributed by atoms with E-state index in [2.05, 4.69) is 10.1 Å². The molecule has 0 spiro atoms. The molecule has 3 aromatic rings. The molecule has 16 heteroatoms. The lowest BCUT2D eigenvalue weighted by molar-refractivity contribution is -0.178. The van der Waals surface area contributed by atoms with Gasteiger partial charge in [-0.3, -0.25) is 14.4 Å². The van der Waals surface area contributed by atoms with Gasteiger partial charge in [0.15, 0.2) is 17.3 Å². The molecule has 0 radical (unpaired) electrons. The highest BCUT2D eigenvalue weighted by molar-refractivity contribution is 8.00. The number of nitriles is 1. The monoisotopic (exact) mass is 726 g/mol. The maximum atomic E-state index is 15.7. The summed E-state index contributed by atoms with van der Waals surface area (Å²) in [7, 11) is 0. The number of carboxylic acids is 1. The highest BCUT2D eigenvalue weighted by atomic mass is 32.2. The first-order valence-corrected chi connectivity index (χ1v) is 16.6. The molecule has 2 heterocycles. The first-order valence-electron chi connectivity index (χ1n) is 15.7. The summed E-state index contributed by atoms with van der Waals surface area (Å²) in [5, 5.41) is 21.9. The van der Waals surface area contributed by atoms with E-state index in [-0.39, 0.29) is 49.5 Å². The van der Waals surface area contributed by atoms with E-state index in [9.17, 15) is 28.3 Å². The molecule has 0 amide bonds. The van der Waals surface area contributed by atoms with Gasteiger partial charge >= 0.3 is 17.9 Å². The number of rotatable bonds is 14. The third kappa shape index (κ3) is 8.50. The fourth-order valence-corrected chi connectivity index (χ4v) is 7.09. The van der Waals surface area contributed by atoms with Crippen LogP contribution in [0.25, 0.3) is 6.08 Å². The van der Waals surface area contributed by atoms with Crippen molar-refractivity contribution in [1.29, 1.82) is 5.26 Å². The molecule has 5 rings (SSSR count). The Labute approximate surface area is 294 Å². The minimum absolute atomic E-state index is 0.140. The van der Waals surface area contributed by atoms with Crippen molar-refractivity contribution in [2.75, 3.05) is 19.8 Å². The van der Waals surface area contributed by atoms with Gasteiger partial charge in [0.1, 0.15) is 30.1 Å². The number of carbonyl (C=O) groups excluding carboxylic acids is 2. The van der Waals surface area contributed by atoms with Gasteiger partial charge in [-0.15, -0.1) is 11.8 Å². The molecule has 268 valence electrons. The quantitative estimate of drug-likeness (QED) is 0.138. The Bertz CT molecular complexity index is 1860. The number of halogens is 3. The van der Waals surface area contributed by atoms with Crippen molar-refractivity contribution in [3.63, 3.8) is 0 Å². The smallest absolute Gasteiger partial charge is 0.324 e. The molecular formula is C35H33F3N4O8S. The average Bonchev–Trinajstić information content (AvgIpc) is 3.63. The molecule has 2 aromatic carbocycles. The summed E-state index contributed by atoms with van der Waals surface area (Å²) in [6.07, 6.45) is 7.93. The molecule has 4 atom stereocenters. The number of benzene rings is 2. The molecule has 1 saturated heterocycles. The molecule has 1 aliphatic heterocycles. The maximum absolute atomic E-state index is 15.7. The van der Waals surface area contributed by atoms with Gasteiger partial charge in [-0.1, -0.05) is 24.3 Å². The lowest BCUT2D eigenvalue weighted by Crippen LogP contribution is -2.49. The summed E-state index contributed by atoms with van der Waals surface area (Å²) in [5.74, 6) is -6.68. The number of ether oxygens (including phenoxy) is 4. The number of carboxylic acid groups (broad SMARTS) is 1. The van der Waals surface area contributed by atoms with Crippen LogP contribution < -0.4 is 0 Å². The minimum atomic E-state index is -2.07. The summed E-state index contributed by atoms with van der Waals surface area (Å²) in [6.45, 7) is 2.41. The number of aromatic nitrogens is 3. The molecule has 1 saturated carbocycles. The Morgan fingerprint density at radius 3 is 2.57 bits per heavy atom. The van der Waals surface area contributed by atoms with Crippen molar-refractivity contribution in [3.8, 4) is 6.07 Å². The Kier molecular flexibility index (Phi) is 11.6. The van der Waals surface area contributed by atoms with Crippen molar-refractivity contribution < 1.29 is 51.6 Å². The molecule has 1 aromatic heterocycles. The van der Waals surface area contributed by atoms with Crippen LogP contribution in [0.4, 0.5) is 13.2 Å². The predicted octanol–water partition coefficient (Wildman–Crippen LogP) is 4.79. The summed E-state index contributed by atoms with van der Waals surface area (Å²) < 4.78 is 68.1. The molecule has 2 fully saturated rings. The van der Waals surface area contributed by atoms with Gasteiger partial charge in [0.05, 0.1) is 43.2 Å². The number of hydrogen-bond donors (Lipinski definition) is 1. The Morgan fingerprint density at radius 1 is 1.18 bits per heavy atom. The van der Waals surface area contributed by atoms with Crippen LogP contribution in [0.2, 0.25) is 0 Å². The first kappa shape index (κ1) is 37.3. The normalized spacial score (nSPS) is 23.3. The van der Waals surface area contributed by atoms with Crippen molar-refractivity contribution in [2.24, 2.45) is 11.3 Å². The van der Waals surface area contributed by atoms with Crippen LogP contribution in [0.1, 0.15) is 37.0 Å². The van der Waals surface area contributed by atoms with Crippen molar-refractivity contribution >= 4 is 35.7 Å². The number of esters is 2. The highest BCUT2D eigenvalue weighted by Gasteiger charge is 2.69. The van der Waals surface area contributed by atoms with Crippen LogP contribution in [-0.2, 0) is 45.5 Å². The minimum Gasteiger partial charge on any atom is -0.480 e. The number of aliphatic carboxylic acids is 1. The summed E-state index contributed by atoms with van der Waals surface area (Å²) in [6, 6.07) is 8.77. The molecule has 1 N–H and O–H groups in total. The number of thioether (sulfide) groups is 1. The van der Waals surface area contributed by atoms with Gasteiger partial charge in [-0.2, -0.15) is 10.4 Å². The second-order valence-corrected chi connectivity index (χ2v) is 13.6. The van der Waals surface area contributed by atoms with Gasteiger partial charge in [0.25, 0.3) is 0 Å². The lowest BCUT2D eigenvalue weighted by Gasteiger charge is -2.41. The summed E-state index contributed by atoms with van der Waals surface area (Å²) >= 11 is 1.22. The van der Waals surface area contributed by atoms with Crippen molar-refractivity contribution in [2.45, 2.75) is 49.2 Å². The maximum Gasteiger partial charge on any atom is 0.324 e. The van der Waals surface area contributed by atoms with E-state index in [0.717, 1.165) is 25.1 Å². The van der Waals surface area contributed by atoms with E-state index in [1.807, 2.05) is 6.07 Å². The standard InChI is InChI=1S/C35H33F3N4O8S/c1-21(51-27-16-48-31(49-17-27)6-4-3-5-24-8-7-23(14-39)11-29(24)37)35(18-42-20-40-19-41-42,28-10-9-26(36)12-30(28)38)50-33(46)34(32(44)45)13-25(34)15-47-22(2)43/h3-12,19-21,25,27,31H,13,15-18H2,1-2H3,(H,44,45)/b5-3+,6-4+/t21-,25+,27-,31-,34-,35-/m1/s1. The number of allylic oxidation sites excluding steroid dienone is 2. The second kappa shape index (κ2) is 15.9. The van der Waals surface area contributed by atoms with Crippen LogP contribution in [0, 0.1) is 40.1 Å². The number of hydrogen-bond acceptors (Lipinski definition) is 11. The van der Waals surface area contributed by atoms with Gasteiger partial charge < -0.3 is 24.1 Å². The average molecular weight is 727 g/mol. The zero-order valence-electron chi connectivity index (χ0n) is 27.4. The van der Waals surface area contributed by atoms with E-state index in [1.165, 1.54) is 47.3 Å². The van der Waals surface area contributed by atoms with Gasteiger partial charge in [0.2, 0.25) is 0 Å². The van der Waals surface area contributed by atoms with Crippen LogP contribution >= 0.6 is 11.8 Å². The lowest BCUT2D eigenvalue weighted by atomic mass is 9.88. The molecule has 1 aliphatic carbocycles. The molecular weight excluding hydrogens is 693 g/mol. The first-order chi connectivity index (χ1) is 24.4.